The third-order valence-corrected chi connectivity index (χ3v) is 2.94. The van der Waals surface area contributed by atoms with Crippen LogP contribution < -0.4 is 5.73 Å². The average molecular weight is 294 g/mol. The van der Waals surface area contributed by atoms with Crippen LogP contribution in [0.25, 0.3) is 16.9 Å². The third-order valence-electron chi connectivity index (χ3n) is 2.94. The number of hydrogen-bond acceptors (Lipinski definition) is 4. The van der Waals surface area contributed by atoms with Gasteiger partial charge in [0, 0.05) is 11.6 Å². The Morgan fingerprint density at radius 1 is 1.14 bits per heavy atom. The van der Waals surface area contributed by atoms with Gasteiger partial charge in [-0.15, -0.1) is 0 Å². The number of aromatic nitrogens is 3. The number of hydrogen-bond donors (Lipinski definition) is 2. The van der Waals surface area contributed by atoms with E-state index < -0.39 is 17.6 Å². The van der Waals surface area contributed by atoms with Crippen molar-refractivity contribution in [2.45, 2.75) is 6.18 Å². The zero-order chi connectivity index (χ0) is 15.2. The van der Waals surface area contributed by atoms with E-state index in [2.05, 4.69) is 10.1 Å². The number of nitrogens with zero attached hydrogens (tertiary/aromatic N) is 3. The molecule has 108 valence electrons. The van der Waals surface area contributed by atoms with Gasteiger partial charge in [0.2, 0.25) is 0 Å². The maximum Gasteiger partial charge on any atom is 0.435 e. The lowest BCUT2D eigenvalue weighted by molar-refractivity contribution is -0.141. The predicted octanol–water partition coefficient (Wildman–Crippen LogP) is 2.70. The normalized spacial score (nSPS) is 12.0. The van der Waals surface area contributed by atoms with E-state index in [1.54, 1.807) is 12.1 Å². The van der Waals surface area contributed by atoms with Gasteiger partial charge in [-0.25, -0.2) is 9.50 Å². The Morgan fingerprint density at radius 2 is 1.81 bits per heavy atom. The fourth-order valence-corrected chi connectivity index (χ4v) is 2.00. The van der Waals surface area contributed by atoms with E-state index in [1.165, 1.54) is 18.2 Å². The SMILES string of the molecule is Nc1cnc2cc(-c3ccc(O)cc3)nn2c1C(F)(F)F. The molecule has 0 aliphatic carbocycles. The van der Waals surface area contributed by atoms with Gasteiger partial charge in [0.25, 0.3) is 0 Å². The number of rotatable bonds is 1. The van der Waals surface area contributed by atoms with Crippen LogP contribution in [-0.4, -0.2) is 19.7 Å². The Labute approximate surface area is 116 Å². The van der Waals surface area contributed by atoms with Crippen molar-refractivity contribution in [1.82, 2.24) is 14.6 Å². The van der Waals surface area contributed by atoms with E-state index >= 15 is 0 Å². The third kappa shape index (κ3) is 2.24. The monoisotopic (exact) mass is 294 g/mol. The van der Waals surface area contributed by atoms with E-state index in [0.717, 1.165) is 6.20 Å². The van der Waals surface area contributed by atoms with Crippen molar-refractivity contribution in [2.24, 2.45) is 0 Å². The maximum absolute atomic E-state index is 13.0. The maximum atomic E-state index is 13.0. The minimum atomic E-state index is -4.64. The van der Waals surface area contributed by atoms with E-state index in [9.17, 15) is 18.3 Å². The number of alkyl halides is 3. The highest BCUT2D eigenvalue weighted by molar-refractivity contribution is 5.65. The van der Waals surface area contributed by atoms with E-state index in [4.69, 9.17) is 5.73 Å². The fourth-order valence-electron chi connectivity index (χ4n) is 2.00. The molecular weight excluding hydrogens is 285 g/mol. The molecule has 0 fully saturated rings. The second kappa shape index (κ2) is 4.37. The second-order valence-electron chi connectivity index (χ2n) is 4.41. The second-order valence-corrected chi connectivity index (χ2v) is 4.41. The highest BCUT2D eigenvalue weighted by Gasteiger charge is 2.37. The molecule has 3 aromatic rings. The van der Waals surface area contributed by atoms with Crippen LogP contribution in [-0.2, 0) is 6.18 Å². The first-order valence-corrected chi connectivity index (χ1v) is 5.87. The molecule has 21 heavy (non-hydrogen) atoms. The lowest BCUT2D eigenvalue weighted by atomic mass is 10.1. The van der Waals surface area contributed by atoms with Crippen molar-refractivity contribution >= 4 is 11.3 Å². The van der Waals surface area contributed by atoms with Gasteiger partial charge in [-0.05, 0) is 24.3 Å². The Hall–Kier alpha value is -2.77. The number of nitrogens with two attached hydrogens (primary N) is 1. The molecule has 0 amide bonds. The molecule has 2 aromatic heterocycles. The fraction of sp³-hybridized carbons (Fsp3) is 0.0769. The number of phenolic OH excluding ortho intramolecular Hbond substituents is 1. The van der Waals surface area contributed by atoms with Gasteiger partial charge in [0.05, 0.1) is 17.6 Å². The highest BCUT2D eigenvalue weighted by Crippen LogP contribution is 2.34. The van der Waals surface area contributed by atoms with Crippen LogP contribution in [0.15, 0.2) is 36.5 Å². The Morgan fingerprint density at radius 3 is 2.43 bits per heavy atom. The van der Waals surface area contributed by atoms with Crippen LogP contribution >= 0.6 is 0 Å². The van der Waals surface area contributed by atoms with Gasteiger partial charge in [0.15, 0.2) is 11.3 Å². The molecule has 0 aliphatic heterocycles. The molecular formula is C13H9F3N4O. The number of aromatic hydroxyl groups is 1. The van der Waals surface area contributed by atoms with Crippen molar-refractivity contribution < 1.29 is 18.3 Å². The van der Waals surface area contributed by atoms with E-state index in [0.29, 0.717) is 15.8 Å². The van der Waals surface area contributed by atoms with Crippen LogP contribution in [0.5, 0.6) is 5.75 Å². The van der Waals surface area contributed by atoms with Gasteiger partial charge in [-0.1, -0.05) is 0 Å². The van der Waals surface area contributed by atoms with Crippen molar-refractivity contribution in [3.8, 4) is 17.0 Å². The molecule has 0 unspecified atom stereocenters. The summed E-state index contributed by atoms with van der Waals surface area (Å²) in [5, 5.41) is 13.1. The van der Waals surface area contributed by atoms with Crippen LogP contribution in [0.1, 0.15) is 5.69 Å². The van der Waals surface area contributed by atoms with Gasteiger partial charge in [-0.3, -0.25) is 0 Å². The summed E-state index contributed by atoms with van der Waals surface area (Å²) in [6, 6.07) is 7.36. The molecule has 3 rings (SSSR count). The molecule has 2 heterocycles. The Bertz CT molecular complexity index is 809. The molecule has 0 bridgehead atoms. The molecule has 0 saturated carbocycles. The number of anilines is 1. The Kier molecular flexibility index (Phi) is 2.75. The summed E-state index contributed by atoms with van der Waals surface area (Å²) < 4.78 is 39.8. The van der Waals surface area contributed by atoms with Crippen molar-refractivity contribution in [2.75, 3.05) is 5.73 Å². The number of fused-ring (bicyclic) bond motifs is 1. The first-order valence-electron chi connectivity index (χ1n) is 5.87. The van der Waals surface area contributed by atoms with E-state index in [1.807, 2.05) is 0 Å². The first-order chi connectivity index (χ1) is 9.86. The summed E-state index contributed by atoms with van der Waals surface area (Å²) in [6.45, 7) is 0. The molecule has 0 saturated heterocycles. The summed E-state index contributed by atoms with van der Waals surface area (Å²) in [5.74, 6) is 0.0564. The molecule has 0 aliphatic rings. The number of phenols is 1. The lowest BCUT2D eigenvalue weighted by Gasteiger charge is -2.10. The summed E-state index contributed by atoms with van der Waals surface area (Å²) in [6.07, 6.45) is -3.68. The topological polar surface area (TPSA) is 76.4 Å². The van der Waals surface area contributed by atoms with Crippen LogP contribution in [0.4, 0.5) is 18.9 Å². The molecule has 1 aromatic carbocycles. The molecule has 8 heteroatoms. The van der Waals surface area contributed by atoms with Crippen LogP contribution in [0, 0.1) is 0 Å². The van der Waals surface area contributed by atoms with Gasteiger partial charge < -0.3 is 10.8 Å². The van der Waals surface area contributed by atoms with E-state index in [-0.39, 0.29) is 11.4 Å². The van der Waals surface area contributed by atoms with Crippen molar-refractivity contribution in [3.63, 3.8) is 0 Å². The molecule has 0 atom stereocenters. The smallest absolute Gasteiger partial charge is 0.435 e. The largest absolute Gasteiger partial charge is 0.508 e. The van der Waals surface area contributed by atoms with Gasteiger partial charge in [0.1, 0.15) is 5.75 Å². The molecule has 0 radical (unpaired) electrons. The minimum Gasteiger partial charge on any atom is -0.508 e. The highest BCUT2D eigenvalue weighted by atomic mass is 19.4. The molecule has 3 N–H and O–H groups in total. The number of benzene rings is 1. The van der Waals surface area contributed by atoms with Crippen LogP contribution in [0.3, 0.4) is 0 Å². The summed E-state index contributed by atoms with van der Waals surface area (Å²) in [5.41, 5.74) is 4.72. The standard InChI is InChI=1S/C13H9F3N4O/c14-13(15,16)12-9(17)6-18-11-5-10(19-20(11)12)7-1-3-8(21)4-2-7/h1-6,21H,17H2. The lowest BCUT2D eigenvalue weighted by Crippen LogP contribution is -2.16. The first kappa shape index (κ1) is 13.2. The van der Waals surface area contributed by atoms with Crippen LogP contribution in [0.2, 0.25) is 0 Å². The average Bonchev–Trinajstić information content (AvgIpc) is 2.81. The Balaban J connectivity index is 2.23. The zero-order valence-corrected chi connectivity index (χ0v) is 10.5. The van der Waals surface area contributed by atoms with Gasteiger partial charge >= 0.3 is 6.18 Å². The number of nitrogen functional groups attached to an aromatic ring is 1. The van der Waals surface area contributed by atoms with Crippen molar-refractivity contribution in [3.05, 3.63) is 42.2 Å². The predicted molar refractivity (Wildman–Crippen MR) is 69.5 cm³/mol. The van der Waals surface area contributed by atoms with Crippen molar-refractivity contribution in [1.29, 1.82) is 0 Å². The molecule has 0 spiro atoms. The quantitative estimate of drug-likeness (QED) is 0.723. The minimum absolute atomic E-state index is 0.0413. The molecule has 5 nitrogen and oxygen atoms in total. The zero-order valence-electron chi connectivity index (χ0n) is 10.5. The van der Waals surface area contributed by atoms with Gasteiger partial charge in [-0.2, -0.15) is 18.3 Å². The number of halogens is 3. The summed E-state index contributed by atoms with van der Waals surface area (Å²) >= 11 is 0. The summed E-state index contributed by atoms with van der Waals surface area (Å²) in [4.78, 5) is 3.84. The summed E-state index contributed by atoms with van der Waals surface area (Å²) in [7, 11) is 0.